The second-order valence-electron chi connectivity index (χ2n) is 8.48. The van der Waals surface area contributed by atoms with Crippen molar-refractivity contribution in [1.29, 1.82) is 0 Å². The van der Waals surface area contributed by atoms with Crippen LogP contribution in [-0.2, 0) is 0 Å². The van der Waals surface area contributed by atoms with Crippen LogP contribution in [0.4, 0.5) is 10.5 Å². The third kappa shape index (κ3) is 6.57. The molecule has 178 valence electrons. The first-order valence-electron chi connectivity index (χ1n) is 11.6. The molecule has 1 atom stereocenters. The third-order valence-corrected chi connectivity index (χ3v) is 6.02. The topological polar surface area (TPSA) is 85.3 Å². The number of nitrogens with zero attached hydrogens (tertiary/aromatic N) is 2. The molecule has 0 aliphatic carbocycles. The Bertz CT molecular complexity index is 983. The Morgan fingerprint density at radius 1 is 0.853 bits per heavy atom. The quantitative estimate of drug-likeness (QED) is 0.448. The minimum Gasteiger partial charge on any atom is -0.491 e. The van der Waals surface area contributed by atoms with Gasteiger partial charge in [0, 0.05) is 38.4 Å². The van der Waals surface area contributed by atoms with E-state index in [2.05, 4.69) is 63.6 Å². The predicted octanol–water partition coefficient (Wildman–Crippen LogP) is 3.92. The maximum Gasteiger partial charge on any atom is 0.409 e. The third-order valence-electron chi connectivity index (χ3n) is 6.02. The van der Waals surface area contributed by atoms with E-state index >= 15 is 0 Å². The van der Waals surface area contributed by atoms with Gasteiger partial charge in [-0.15, -0.1) is 0 Å². The lowest BCUT2D eigenvalue weighted by molar-refractivity contribution is 0.0401. The number of carboxylic acid groups (broad SMARTS) is 1. The number of hydrogen-bond acceptors (Lipinski definition) is 5. The number of β-amino-alcohol motifs (C(OH)–C–C–N with tert-alkyl or cyclic N) is 1. The number of benzene rings is 3. The number of aliphatic hydroxyl groups is 1. The molecule has 3 N–H and O–H groups in total. The fourth-order valence-corrected chi connectivity index (χ4v) is 4.39. The lowest BCUT2D eigenvalue weighted by Gasteiger charge is -2.40. The molecule has 1 heterocycles. The largest absolute Gasteiger partial charge is 0.491 e. The molecule has 0 bridgehead atoms. The van der Waals surface area contributed by atoms with Crippen LogP contribution in [0.1, 0.15) is 17.2 Å². The summed E-state index contributed by atoms with van der Waals surface area (Å²) in [5.41, 5.74) is 3.06. The van der Waals surface area contributed by atoms with Crippen LogP contribution in [0.25, 0.3) is 0 Å². The summed E-state index contributed by atoms with van der Waals surface area (Å²) >= 11 is 0. The van der Waals surface area contributed by atoms with Gasteiger partial charge >= 0.3 is 6.09 Å². The van der Waals surface area contributed by atoms with Gasteiger partial charge < -0.3 is 14.9 Å². The number of carbonyl (C=O) groups is 1. The fraction of sp³-hybridized carbons (Fsp3) is 0.296. The van der Waals surface area contributed by atoms with Crippen LogP contribution in [0.15, 0.2) is 84.9 Å². The number of rotatable bonds is 9. The van der Waals surface area contributed by atoms with Crippen molar-refractivity contribution in [1.82, 2.24) is 9.80 Å². The minimum atomic E-state index is -1.11. The molecule has 3 aromatic carbocycles. The standard InChI is InChI=1S/C27H31N3O4/c31-24(20-34-25-13-11-23(12-14-25)28-27(32)33)19-29-15-17-30(18-16-29)26(21-7-3-1-4-8-21)22-9-5-2-6-10-22/h1-14,24,26,28,31H,15-20H2,(H,32,33). The SMILES string of the molecule is O=C(O)Nc1ccc(OCC(O)CN2CCN(C(c3ccccc3)c3ccccc3)CC2)cc1. The van der Waals surface area contributed by atoms with Crippen molar-refractivity contribution in [3.8, 4) is 5.75 Å². The Labute approximate surface area is 200 Å². The van der Waals surface area contributed by atoms with Crippen LogP contribution in [0, 0.1) is 0 Å². The maximum atomic E-state index is 10.7. The van der Waals surface area contributed by atoms with Crippen LogP contribution in [-0.4, -0.2) is 71.5 Å². The van der Waals surface area contributed by atoms with E-state index in [1.54, 1.807) is 24.3 Å². The lowest BCUT2D eigenvalue weighted by atomic mass is 9.96. The van der Waals surface area contributed by atoms with Crippen molar-refractivity contribution in [2.75, 3.05) is 44.6 Å². The van der Waals surface area contributed by atoms with Gasteiger partial charge in [-0.2, -0.15) is 0 Å². The van der Waals surface area contributed by atoms with Gasteiger partial charge in [-0.25, -0.2) is 4.79 Å². The number of ether oxygens (including phenoxy) is 1. The Balaban J connectivity index is 1.28. The summed E-state index contributed by atoms with van der Waals surface area (Å²) in [5.74, 6) is 0.591. The average Bonchev–Trinajstić information content (AvgIpc) is 2.86. The van der Waals surface area contributed by atoms with E-state index in [-0.39, 0.29) is 12.6 Å². The summed E-state index contributed by atoms with van der Waals surface area (Å²) in [6, 6.07) is 28.1. The first kappa shape index (κ1) is 23.8. The summed E-state index contributed by atoms with van der Waals surface area (Å²) in [5, 5.41) is 21.5. The van der Waals surface area contributed by atoms with Crippen LogP contribution < -0.4 is 10.1 Å². The predicted molar refractivity (Wildman–Crippen MR) is 132 cm³/mol. The Kier molecular flexibility index (Phi) is 8.14. The Morgan fingerprint density at radius 2 is 1.41 bits per heavy atom. The van der Waals surface area contributed by atoms with Crippen molar-refractivity contribution in [2.45, 2.75) is 12.1 Å². The smallest absolute Gasteiger partial charge is 0.409 e. The first-order chi connectivity index (χ1) is 16.6. The fourth-order valence-electron chi connectivity index (χ4n) is 4.39. The van der Waals surface area contributed by atoms with Crippen molar-refractivity contribution < 1.29 is 19.7 Å². The van der Waals surface area contributed by atoms with E-state index in [1.165, 1.54) is 11.1 Å². The molecule has 0 aromatic heterocycles. The molecule has 0 spiro atoms. The van der Waals surface area contributed by atoms with Gasteiger partial charge in [-0.3, -0.25) is 15.1 Å². The molecule has 0 radical (unpaired) electrons. The summed E-state index contributed by atoms with van der Waals surface area (Å²) in [7, 11) is 0. The molecule has 1 aliphatic rings. The van der Waals surface area contributed by atoms with Gasteiger partial charge in [0.05, 0.1) is 6.04 Å². The molecular weight excluding hydrogens is 430 g/mol. The molecule has 1 unspecified atom stereocenters. The average molecular weight is 462 g/mol. The minimum absolute atomic E-state index is 0.183. The highest BCUT2D eigenvalue weighted by atomic mass is 16.5. The van der Waals surface area contributed by atoms with E-state index in [0.29, 0.717) is 18.0 Å². The summed E-state index contributed by atoms with van der Waals surface area (Å²) in [6.07, 6.45) is -1.72. The zero-order valence-corrected chi connectivity index (χ0v) is 19.1. The molecule has 4 rings (SSSR count). The first-order valence-corrected chi connectivity index (χ1v) is 11.6. The Morgan fingerprint density at radius 3 is 1.94 bits per heavy atom. The van der Waals surface area contributed by atoms with E-state index in [4.69, 9.17) is 9.84 Å². The van der Waals surface area contributed by atoms with Crippen molar-refractivity contribution >= 4 is 11.8 Å². The number of nitrogens with one attached hydrogen (secondary N) is 1. The molecule has 7 heteroatoms. The highest BCUT2D eigenvalue weighted by Crippen LogP contribution is 2.29. The molecule has 1 saturated heterocycles. The second-order valence-corrected chi connectivity index (χ2v) is 8.48. The van der Waals surface area contributed by atoms with Gasteiger partial charge in [-0.1, -0.05) is 60.7 Å². The van der Waals surface area contributed by atoms with E-state index < -0.39 is 12.2 Å². The van der Waals surface area contributed by atoms with Crippen LogP contribution in [0.2, 0.25) is 0 Å². The Hall–Kier alpha value is -3.39. The number of piperazine rings is 1. The molecular formula is C27H31N3O4. The van der Waals surface area contributed by atoms with Crippen LogP contribution >= 0.6 is 0 Å². The van der Waals surface area contributed by atoms with Gasteiger partial charge in [-0.05, 0) is 35.4 Å². The highest BCUT2D eigenvalue weighted by Gasteiger charge is 2.27. The van der Waals surface area contributed by atoms with Crippen LogP contribution in [0.5, 0.6) is 5.75 Å². The van der Waals surface area contributed by atoms with Crippen molar-refractivity contribution in [2.24, 2.45) is 0 Å². The van der Waals surface area contributed by atoms with Crippen molar-refractivity contribution in [3.63, 3.8) is 0 Å². The molecule has 0 saturated carbocycles. The second kappa shape index (κ2) is 11.7. The monoisotopic (exact) mass is 461 g/mol. The highest BCUT2D eigenvalue weighted by molar-refractivity contribution is 5.82. The zero-order valence-electron chi connectivity index (χ0n) is 19.1. The number of hydrogen-bond donors (Lipinski definition) is 3. The van der Waals surface area contributed by atoms with Gasteiger partial charge in [0.25, 0.3) is 0 Å². The molecule has 1 fully saturated rings. The van der Waals surface area contributed by atoms with Crippen LogP contribution in [0.3, 0.4) is 0 Å². The van der Waals surface area contributed by atoms with E-state index in [9.17, 15) is 9.90 Å². The summed E-state index contributed by atoms with van der Waals surface area (Å²) in [4.78, 5) is 15.5. The molecule has 1 amide bonds. The molecule has 3 aromatic rings. The zero-order chi connectivity index (χ0) is 23.8. The summed E-state index contributed by atoms with van der Waals surface area (Å²) < 4.78 is 5.68. The number of anilines is 1. The molecule has 7 nitrogen and oxygen atoms in total. The molecule has 34 heavy (non-hydrogen) atoms. The summed E-state index contributed by atoms with van der Waals surface area (Å²) in [6.45, 7) is 4.32. The molecule has 1 aliphatic heterocycles. The maximum absolute atomic E-state index is 10.7. The number of aliphatic hydroxyl groups excluding tert-OH is 1. The van der Waals surface area contributed by atoms with Gasteiger partial charge in [0.1, 0.15) is 18.5 Å². The lowest BCUT2D eigenvalue weighted by Crippen LogP contribution is -2.50. The van der Waals surface area contributed by atoms with Gasteiger partial charge in [0.15, 0.2) is 0 Å². The van der Waals surface area contributed by atoms with E-state index in [1.807, 2.05) is 12.1 Å². The van der Waals surface area contributed by atoms with Crippen molar-refractivity contribution in [3.05, 3.63) is 96.1 Å². The number of amides is 1. The van der Waals surface area contributed by atoms with Gasteiger partial charge in [0.2, 0.25) is 0 Å². The van der Waals surface area contributed by atoms with E-state index in [0.717, 1.165) is 26.2 Å². The normalized spacial score (nSPS) is 15.7.